The molecule has 0 aliphatic carbocycles. The van der Waals surface area contributed by atoms with E-state index in [1.165, 1.54) is 11.3 Å². The molecule has 108 valence electrons. The zero-order valence-electron chi connectivity index (χ0n) is 11.2. The molecule has 0 fully saturated rings. The van der Waals surface area contributed by atoms with Crippen molar-refractivity contribution in [2.45, 2.75) is 0 Å². The van der Waals surface area contributed by atoms with Gasteiger partial charge in [-0.25, -0.2) is 0 Å². The number of fused-ring (bicyclic) bond motifs is 1. The Balaban J connectivity index is 1.47. The fourth-order valence-corrected chi connectivity index (χ4v) is 3.89. The Morgan fingerprint density at radius 3 is 2.76 bits per heavy atom. The third-order valence-electron chi connectivity index (χ3n) is 2.90. The van der Waals surface area contributed by atoms with Crippen LogP contribution in [0.25, 0.3) is 9.40 Å². The number of benzene rings is 1. The minimum atomic E-state index is -0.0516. The number of hydrogen-bond acceptors (Lipinski definition) is 5. The van der Waals surface area contributed by atoms with Crippen LogP contribution < -0.4 is 15.8 Å². The van der Waals surface area contributed by atoms with Crippen LogP contribution in [0.15, 0.2) is 41.8 Å². The smallest absolute Gasteiger partial charge is 0.261 e. The number of hydrogen-bond donors (Lipinski definition) is 2. The van der Waals surface area contributed by atoms with Gasteiger partial charge in [0.15, 0.2) is 0 Å². The highest BCUT2D eigenvalue weighted by atomic mass is 32.1. The summed E-state index contributed by atoms with van der Waals surface area (Å²) >= 11 is 3.16. The molecule has 0 aliphatic heterocycles. The van der Waals surface area contributed by atoms with Crippen LogP contribution in [0.4, 0.5) is 5.69 Å². The highest BCUT2D eigenvalue weighted by molar-refractivity contribution is 7.27. The van der Waals surface area contributed by atoms with E-state index in [9.17, 15) is 4.79 Å². The van der Waals surface area contributed by atoms with E-state index in [2.05, 4.69) is 5.32 Å². The fraction of sp³-hybridized carbons (Fsp3) is 0.133. The van der Waals surface area contributed by atoms with Gasteiger partial charge in [-0.1, -0.05) is 0 Å². The lowest BCUT2D eigenvalue weighted by Crippen LogP contribution is -2.27. The van der Waals surface area contributed by atoms with Crippen LogP contribution in [0.2, 0.25) is 0 Å². The number of nitrogen functional groups attached to an aromatic ring is 1. The van der Waals surface area contributed by atoms with Crippen LogP contribution in [-0.2, 0) is 0 Å². The topological polar surface area (TPSA) is 64.3 Å². The first kappa shape index (κ1) is 13.9. The zero-order chi connectivity index (χ0) is 14.7. The molecule has 0 saturated heterocycles. The van der Waals surface area contributed by atoms with Crippen molar-refractivity contribution < 1.29 is 9.53 Å². The molecule has 1 aromatic carbocycles. The summed E-state index contributed by atoms with van der Waals surface area (Å²) < 4.78 is 7.84. The quantitative estimate of drug-likeness (QED) is 0.560. The summed E-state index contributed by atoms with van der Waals surface area (Å²) in [7, 11) is 0. The highest BCUT2D eigenvalue weighted by Crippen LogP contribution is 2.29. The number of thiophene rings is 2. The van der Waals surface area contributed by atoms with Crippen molar-refractivity contribution in [2.24, 2.45) is 0 Å². The Kier molecular flexibility index (Phi) is 4.08. The second-order valence-electron chi connectivity index (χ2n) is 4.43. The molecule has 0 spiro atoms. The average Bonchev–Trinajstić information content (AvgIpc) is 3.06. The second-order valence-corrected chi connectivity index (χ2v) is 6.46. The maximum Gasteiger partial charge on any atom is 0.261 e. The zero-order valence-corrected chi connectivity index (χ0v) is 12.8. The van der Waals surface area contributed by atoms with E-state index < -0.39 is 0 Å². The Labute approximate surface area is 130 Å². The van der Waals surface area contributed by atoms with Gasteiger partial charge in [0.2, 0.25) is 0 Å². The predicted molar refractivity (Wildman–Crippen MR) is 88.4 cm³/mol. The number of nitrogens with two attached hydrogens (primary N) is 1. The molecule has 2 heterocycles. The Hall–Kier alpha value is -2.05. The van der Waals surface area contributed by atoms with E-state index in [0.29, 0.717) is 18.8 Å². The van der Waals surface area contributed by atoms with Gasteiger partial charge in [-0.3, -0.25) is 4.79 Å². The molecule has 2 aromatic heterocycles. The van der Waals surface area contributed by atoms with Crippen molar-refractivity contribution in [2.75, 3.05) is 18.9 Å². The molecule has 0 unspecified atom stereocenters. The Bertz CT molecular complexity index is 718. The molecule has 0 aliphatic rings. The molecule has 0 bridgehead atoms. The van der Waals surface area contributed by atoms with Gasteiger partial charge in [-0.15, -0.1) is 22.7 Å². The van der Waals surface area contributed by atoms with Crippen molar-refractivity contribution in [3.8, 4) is 5.75 Å². The molecule has 3 rings (SSSR count). The molecule has 3 N–H and O–H groups in total. The van der Waals surface area contributed by atoms with Gasteiger partial charge < -0.3 is 15.8 Å². The second kappa shape index (κ2) is 6.15. The van der Waals surface area contributed by atoms with E-state index >= 15 is 0 Å². The van der Waals surface area contributed by atoms with Crippen LogP contribution in [0.1, 0.15) is 9.67 Å². The van der Waals surface area contributed by atoms with Crippen LogP contribution in [-0.4, -0.2) is 19.1 Å². The summed E-state index contributed by atoms with van der Waals surface area (Å²) in [6.07, 6.45) is 0. The largest absolute Gasteiger partial charge is 0.492 e. The molecular weight excluding hydrogens is 304 g/mol. The van der Waals surface area contributed by atoms with E-state index in [0.717, 1.165) is 20.0 Å². The SMILES string of the molecule is Nc1ccc(OCCNC(=O)c2cc3sccc3s2)cc1. The van der Waals surface area contributed by atoms with Gasteiger partial charge in [-0.05, 0) is 41.8 Å². The number of rotatable bonds is 5. The minimum absolute atomic E-state index is 0.0516. The van der Waals surface area contributed by atoms with Crippen molar-refractivity contribution in [1.29, 1.82) is 0 Å². The van der Waals surface area contributed by atoms with Crippen molar-refractivity contribution in [3.63, 3.8) is 0 Å². The van der Waals surface area contributed by atoms with Gasteiger partial charge in [0.1, 0.15) is 12.4 Å². The fourth-order valence-electron chi connectivity index (χ4n) is 1.86. The third kappa shape index (κ3) is 3.34. The van der Waals surface area contributed by atoms with Crippen LogP contribution in [0.5, 0.6) is 5.75 Å². The highest BCUT2D eigenvalue weighted by Gasteiger charge is 2.10. The van der Waals surface area contributed by atoms with Gasteiger partial charge >= 0.3 is 0 Å². The van der Waals surface area contributed by atoms with E-state index in [4.69, 9.17) is 10.5 Å². The molecule has 1 amide bonds. The van der Waals surface area contributed by atoms with Crippen molar-refractivity contribution >= 4 is 43.7 Å². The molecule has 0 radical (unpaired) electrons. The summed E-state index contributed by atoms with van der Waals surface area (Å²) in [6.45, 7) is 0.893. The standard InChI is InChI=1S/C15H14N2O2S2/c16-10-1-3-11(4-2-10)19-7-6-17-15(18)14-9-13-12(21-14)5-8-20-13/h1-5,8-9H,6-7,16H2,(H,17,18). The summed E-state index contributed by atoms with van der Waals surface area (Å²) in [5.74, 6) is 0.694. The lowest BCUT2D eigenvalue weighted by atomic mass is 10.3. The van der Waals surface area contributed by atoms with E-state index in [1.54, 1.807) is 23.5 Å². The van der Waals surface area contributed by atoms with E-state index in [-0.39, 0.29) is 5.91 Å². The first-order chi connectivity index (χ1) is 10.2. The lowest BCUT2D eigenvalue weighted by molar-refractivity contribution is 0.0951. The predicted octanol–water partition coefficient (Wildman–Crippen LogP) is 3.35. The molecule has 6 heteroatoms. The number of carbonyl (C=O) groups excluding carboxylic acids is 1. The van der Waals surface area contributed by atoms with Gasteiger partial charge in [0.05, 0.1) is 11.4 Å². The summed E-state index contributed by atoms with van der Waals surface area (Å²) in [4.78, 5) is 12.7. The molecule has 0 saturated carbocycles. The summed E-state index contributed by atoms with van der Waals surface area (Å²) in [6, 6.07) is 11.2. The monoisotopic (exact) mass is 318 g/mol. The Morgan fingerprint density at radius 2 is 2.00 bits per heavy atom. The lowest BCUT2D eigenvalue weighted by Gasteiger charge is -2.07. The van der Waals surface area contributed by atoms with Crippen molar-refractivity contribution in [3.05, 3.63) is 46.7 Å². The van der Waals surface area contributed by atoms with Crippen LogP contribution in [0.3, 0.4) is 0 Å². The molecule has 0 atom stereocenters. The summed E-state index contributed by atoms with van der Waals surface area (Å²) in [5, 5.41) is 4.89. The number of ether oxygens (including phenoxy) is 1. The first-order valence-electron chi connectivity index (χ1n) is 6.46. The Morgan fingerprint density at radius 1 is 1.19 bits per heavy atom. The minimum Gasteiger partial charge on any atom is -0.492 e. The van der Waals surface area contributed by atoms with E-state index in [1.807, 2.05) is 29.6 Å². The van der Waals surface area contributed by atoms with Gasteiger partial charge in [-0.2, -0.15) is 0 Å². The average molecular weight is 318 g/mol. The number of amides is 1. The summed E-state index contributed by atoms with van der Waals surface area (Å²) in [5.41, 5.74) is 6.30. The normalized spacial score (nSPS) is 10.7. The van der Waals surface area contributed by atoms with Gasteiger partial charge in [0.25, 0.3) is 5.91 Å². The number of carbonyl (C=O) groups is 1. The molecular formula is C15H14N2O2S2. The molecule has 4 nitrogen and oxygen atoms in total. The molecule has 21 heavy (non-hydrogen) atoms. The number of anilines is 1. The first-order valence-corrected chi connectivity index (χ1v) is 8.15. The maximum absolute atomic E-state index is 12.0. The van der Waals surface area contributed by atoms with Crippen molar-refractivity contribution in [1.82, 2.24) is 5.32 Å². The maximum atomic E-state index is 12.0. The van der Waals surface area contributed by atoms with Gasteiger partial charge in [0, 0.05) is 15.1 Å². The molecule has 3 aromatic rings. The van der Waals surface area contributed by atoms with Crippen LogP contribution >= 0.6 is 22.7 Å². The van der Waals surface area contributed by atoms with Crippen LogP contribution in [0, 0.1) is 0 Å². The number of nitrogens with one attached hydrogen (secondary N) is 1. The third-order valence-corrected chi connectivity index (χ3v) is 4.99.